The van der Waals surface area contributed by atoms with Crippen molar-refractivity contribution in [2.75, 3.05) is 0 Å². The van der Waals surface area contributed by atoms with E-state index in [1.54, 1.807) is 38.5 Å². The van der Waals surface area contributed by atoms with Crippen molar-refractivity contribution in [3.63, 3.8) is 0 Å². The Kier molecular flexibility index (Phi) is 1.03. The maximum absolute atomic E-state index is 1.66. The number of hydrogen-bond acceptors (Lipinski definition) is 0. The van der Waals surface area contributed by atoms with Crippen LogP contribution in [-0.4, -0.2) is 0 Å². The molecule has 0 saturated heterocycles. The second kappa shape index (κ2) is 1.91. The van der Waals surface area contributed by atoms with Gasteiger partial charge in [-0.3, -0.25) is 0 Å². The summed E-state index contributed by atoms with van der Waals surface area (Å²) in [6, 6.07) is 0. The van der Waals surface area contributed by atoms with Gasteiger partial charge in [0.15, 0.2) is 0 Å². The lowest BCUT2D eigenvalue weighted by Crippen LogP contribution is -2.38. The fraction of sp³-hybridized carbons (Fsp3) is 1.00. The molecule has 2 bridgehead atoms. The molecule has 4 aliphatic rings. The van der Waals surface area contributed by atoms with Crippen molar-refractivity contribution in [2.45, 2.75) is 38.5 Å². The van der Waals surface area contributed by atoms with Crippen molar-refractivity contribution >= 4 is 0 Å². The Bertz CT molecular complexity index is 198. The largest absolute Gasteiger partial charge is 0.0527 e. The highest BCUT2D eigenvalue weighted by atomic mass is 14.7. The van der Waals surface area contributed by atoms with Crippen molar-refractivity contribution in [3.05, 3.63) is 0 Å². The van der Waals surface area contributed by atoms with Crippen LogP contribution < -0.4 is 0 Å². The molecule has 0 nitrogen and oxygen atoms in total. The van der Waals surface area contributed by atoms with Gasteiger partial charge in [0.25, 0.3) is 0 Å². The zero-order valence-corrected chi connectivity index (χ0v) is 7.71. The average molecular weight is 162 g/mol. The van der Waals surface area contributed by atoms with Crippen LogP contribution in [0.1, 0.15) is 38.5 Å². The number of fused-ring (bicyclic) bond motifs is 8. The first kappa shape index (κ1) is 6.45. The highest BCUT2D eigenvalue weighted by Gasteiger charge is 2.61. The van der Waals surface area contributed by atoms with E-state index in [9.17, 15) is 0 Å². The molecule has 0 spiro atoms. The Labute approximate surface area is 74.7 Å². The highest BCUT2D eigenvalue weighted by molar-refractivity contribution is 5.10. The van der Waals surface area contributed by atoms with E-state index in [0.29, 0.717) is 0 Å². The molecular weight excluding hydrogens is 144 g/mol. The minimum absolute atomic E-state index is 1.22. The first-order valence-electron chi connectivity index (χ1n) is 5.95. The summed E-state index contributed by atoms with van der Waals surface area (Å²) in [7, 11) is 0. The van der Waals surface area contributed by atoms with Gasteiger partial charge in [0.2, 0.25) is 0 Å². The van der Waals surface area contributed by atoms with Crippen LogP contribution in [0.4, 0.5) is 0 Å². The molecule has 12 heavy (non-hydrogen) atoms. The van der Waals surface area contributed by atoms with Gasteiger partial charge < -0.3 is 0 Å². The number of hydrogen-bond donors (Lipinski definition) is 0. The number of rotatable bonds is 0. The molecule has 0 amide bonds. The van der Waals surface area contributed by atoms with Gasteiger partial charge in [-0.1, -0.05) is 6.42 Å². The lowest BCUT2D eigenvalue weighted by atomic mass is 9.60. The zero-order valence-electron chi connectivity index (χ0n) is 7.71. The monoisotopic (exact) mass is 162 g/mol. The van der Waals surface area contributed by atoms with E-state index in [-0.39, 0.29) is 0 Å². The van der Waals surface area contributed by atoms with Crippen molar-refractivity contribution in [3.8, 4) is 0 Å². The average Bonchev–Trinajstić information content (AvgIpc) is 2.56. The van der Waals surface area contributed by atoms with Gasteiger partial charge in [-0.15, -0.1) is 0 Å². The summed E-state index contributed by atoms with van der Waals surface area (Å²) in [6.45, 7) is 0. The van der Waals surface area contributed by atoms with Crippen molar-refractivity contribution < 1.29 is 0 Å². The van der Waals surface area contributed by atoms with Crippen molar-refractivity contribution in [1.29, 1.82) is 0 Å². The molecule has 0 aromatic rings. The van der Waals surface area contributed by atoms with E-state index in [1.165, 1.54) is 35.5 Å². The van der Waals surface area contributed by atoms with Crippen LogP contribution in [0, 0.1) is 35.5 Å². The minimum Gasteiger partial charge on any atom is -0.0527 e. The topological polar surface area (TPSA) is 0 Å². The van der Waals surface area contributed by atoms with Crippen LogP contribution >= 0.6 is 0 Å². The minimum atomic E-state index is 1.22. The predicted molar refractivity (Wildman–Crippen MR) is 48.6 cm³/mol. The van der Waals surface area contributed by atoms with E-state index in [4.69, 9.17) is 0 Å². The summed E-state index contributed by atoms with van der Waals surface area (Å²) < 4.78 is 0. The quantitative estimate of drug-likeness (QED) is 0.513. The molecule has 0 unspecified atom stereocenters. The first-order chi connectivity index (χ1) is 5.95. The van der Waals surface area contributed by atoms with E-state index in [2.05, 4.69) is 0 Å². The third kappa shape index (κ3) is 0.533. The Morgan fingerprint density at radius 2 is 1.00 bits per heavy atom. The Morgan fingerprint density at radius 3 is 1.50 bits per heavy atom. The van der Waals surface area contributed by atoms with Crippen LogP contribution in [0.3, 0.4) is 0 Å². The Morgan fingerprint density at radius 1 is 0.500 bits per heavy atom. The molecule has 0 heterocycles. The lowest BCUT2D eigenvalue weighted by molar-refractivity contribution is 0.0356. The molecule has 4 rings (SSSR count). The molecule has 6 atom stereocenters. The summed E-state index contributed by atoms with van der Waals surface area (Å²) in [6.07, 6.45) is 9.65. The van der Waals surface area contributed by atoms with Gasteiger partial charge in [0, 0.05) is 0 Å². The molecule has 0 aliphatic heterocycles. The third-order valence-electron chi connectivity index (χ3n) is 5.75. The van der Waals surface area contributed by atoms with Gasteiger partial charge >= 0.3 is 0 Å². The van der Waals surface area contributed by atoms with Gasteiger partial charge in [-0.25, -0.2) is 0 Å². The van der Waals surface area contributed by atoms with Gasteiger partial charge in [-0.05, 0) is 67.6 Å². The lowest BCUT2D eigenvalue weighted by Gasteiger charge is -2.45. The Hall–Kier alpha value is 0. The Balaban J connectivity index is 1.74. The fourth-order valence-corrected chi connectivity index (χ4v) is 5.34. The van der Waals surface area contributed by atoms with E-state index in [0.717, 1.165) is 0 Å². The second-order valence-electron chi connectivity index (χ2n) is 5.73. The molecule has 66 valence electrons. The van der Waals surface area contributed by atoms with Crippen molar-refractivity contribution in [1.82, 2.24) is 0 Å². The SMILES string of the molecule is C1C[C@@H]2[C@H](C1)[C@@H]1C[C@H]2[C@@H]2CC[C@@H]21. The van der Waals surface area contributed by atoms with Gasteiger partial charge in [0.1, 0.15) is 0 Å². The molecule has 0 aromatic heterocycles. The van der Waals surface area contributed by atoms with Crippen LogP contribution in [0.15, 0.2) is 0 Å². The van der Waals surface area contributed by atoms with E-state index < -0.39 is 0 Å². The third-order valence-corrected chi connectivity index (χ3v) is 5.75. The van der Waals surface area contributed by atoms with Gasteiger partial charge in [0.05, 0.1) is 0 Å². The van der Waals surface area contributed by atoms with Gasteiger partial charge in [-0.2, -0.15) is 0 Å². The van der Waals surface area contributed by atoms with Crippen molar-refractivity contribution in [2.24, 2.45) is 35.5 Å². The molecule has 0 heteroatoms. The van der Waals surface area contributed by atoms with Crippen LogP contribution in [0.2, 0.25) is 0 Å². The van der Waals surface area contributed by atoms with Crippen LogP contribution in [-0.2, 0) is 0 Å². The molecular formula is C12H18. The molecule has 0 radical (unpaired) electrons. The maximum Gasteiger partial charge on any atom is -0.0349 e. The summed E-state index contributed by atoms with van der Waals surface area (Å²) in [5, 5.41) is 0. The normalized spacial score (nSPS) is 66.0. The summed E-state index contributed by atoms with van der Waals surface area (Å²) in [5.41, 5.74) is 0. The standard InChI is InChI=1S/C12H18/c1-2-7-8(3-1)12-6-11(7)9-4-5-10(9)12/h7-12H,1-6H2/t7-,8+,9-,10+,11-,12+. The second-order valence-corrected chi connectivity index (χ2v) is 5.73. The summed E-state index contributed by atoms with van der Waals surface area (Å²) in [4.78, 5) is 0. The first-order valence-corrected chi connectivity index (χ1v) is 5.95. The predicted octanol–water partition coefficient (Wildman–Crippen LogP) is 3.08. The molecule has 4 saturated carbocycles. The molecule has 4 aliphatic carbocycles. The molecule has 0 N–H and O–H groups in total. The fourth-order valence-electron chi connectivity index (χ4n) is 5.34. The van der Waals surface area contributed by atoms with Crippen LogP contribution in [0.25, 0.3) is 0 Å². The molecule has 0 aromatic carbocycles. The maximum atomic E-state index is 1.66. The van der Waals surface area contributed by atoms with Crippen LogP contribution in [0.5, 0.6) is 0 Å². The highest BCUT2D eigenvalue weighted by Crippen LogP contribution is 2.68. The van der Waals surface area contributed by atoms with E-state index in [1.807, 2.05) is 0 Å². The van der Waals surface area contributed by atoms with E-state index >= 15 is 0 Å². The zero-order chi connectivity index (χ0) is 7.71. The smallest absolute Gasteiger partial charge is 0.0349 e. The molecule has 4 fully saturated rings. The summed E-state index contributed by atoms with van der Waals surface area (Å²) >= 11 is 0. The summed E-state index contributed by atoms with van der Waals surface area (Å²) in [5.74, 6) is 7.35.